The van der Waals surface area contributed by atoms with E-state index in [9.17, 15) is 14.3 Å². The Morgan fingerprint density at radius 3 is 2.59 bits per heavy atom. The molecule has 7 heteroatoms. The number of aliphatic carboxylic acids is 1. The molecular weight excluding hydrogens is 441 g/mol. The lowest BCUT2D eigenvalue weighted by Gasteiger charge is -2.31. The number of carboxylic acids is 1. The van der Waals surface area contributed by atoms with Gasteiger partial charge in [-0.1, -0.05) is 58.7 Å². The third-order valence-electron chi connectivity index (χ3n) is 4.91. The summed E-state index contributed by atoms with van der Waals surface area (Å²) in [5.41, 5.74) is 0.488. The molecule has 0 fully saturated rings. The first kappa shape index (κ1) is 21.5. The van der Waals surface area contributed by atoms with E-state index in [-0.39, 0.29) is 18.8 Å². The van der Waals surface area contributed by atoms with Gasteiger partial charge in [-0.3, -0.25) is 0 Å². The summed E-state index contributed by atoms with van der Waals surface area (Å²) in [6, 6.07) is 13.2. The molecule has 0 radical (unpaired) electrons. The molecular formula is C22H23BrFNO4. The SMILES string of the molecule is CCCCC1=NOC(C(=O)O)(C(OCc2ccc(F)cc2)c2ccc(Br)cc2)C1. The van der Waals surface area contributed by atoms with Crippen LogP contribution in [-0.2, 0) is 21.0 Å². The summed E-state index contributed by atoms with van der Waals surface area (Å²) >= 11 is 3.39. The van der Waals surface area contributed by atoms with Crippen LogP contribution in [0.2, 0.25) is 0 Å². The van der Waals surface area contributed by atoms with Gasteiger partial charge in [-0.05, 0) is 48.2 Å². The first-order valence-corrected chi connectivity index (χ1v) is 10.3. The molecule has 0 aliphatic carbocycles. The van der Waals surface area contributed by atoms with Gasteiger partial charge < -0.3 is 14.7 Å². The molecule has 3 rings (SSSR count). The Balaban J connectivity index is 1.89. The molecule has 5 nitrogen and oxygen atoms in total. The van der Waals surface area contributed by atoms with Crippen molar-refractivity contribution in [2.45, 2.75) is 50.9 Å². The largest absolute Gasteiger partial charge is 0.478 e. The van der Waals surface area contributed by atoms with Gasteiger partial charge in [0.2, 0.25) is 0 Å². The van der Waals surface area contributed by atoms with E-state index in [0.717, 1.165) is 28.6 Å². The van der Waals surface area contributed by atoms with Crippen LogP contribution in [0, 0.1) is 5.82 Å². The highest BCUT2D eigenvalue weighted by atomic mass is 79.9. The normalized spacial score (nSPS) is 19.5. The number of benzene rings is 2. The molecule has 154 valence electrons. The highest BCUT2D eigenvalue weighted by molar-refractivity contribution is 9.10. The van der Waals surface area contributed by atoms with E-state index in [4.69, 9.17) is 9.57 Å². The quantitative estimate of drug-likeness (QED) is 0.522. The average Bonchev–Trinajstić information content (AvgIpc) is 3.15. The number of hydrogen-bond acceptors (Lipinski definition) is 4. The van der Waals surface area contributed by atoms with Crippen LogP contribution in [0.15, 0.2) is 58.2 Å². The molecule has 0 saturated heterocycles. The summed E-state index contributed by atoms with van der Waals surface area (Å²) in [6.45, 7) is 2.18. The van der Waals surface area contributed by atoms with Gasteiger partial charge in [-0.15, -0.1) is 0 Å². The van der Waals surface area contributed by atoms with Crippen molar-refractivity contribution >= 4 is 27.6 Å². The van der Waals surface area contributed by atoms with Crippen molar-refractivity contribution in [3.05, 3.63) is 69.9 Å². The average molecular weight is 464 g/mol. The number of rotatable bonds is 9. The van der Waals surface area contributed by atoms with Crippen LogP contribution in [0.25, 0.3) is 0 Å². The molecule has 29 heavy (non-hydrogen) atoms. The number of carboxylic acid groups (broad SMARTS) is 1. The Morgan fingerprint density at radius 2 is 1.97 bits per heavy atom. The fourth-order valence-electron chi connectivity index (χ4n) is 3.29. The van der Waals surface area contributed by atoms with Crippen LogP contribution >= 0.6 is 15.9 Å². The summed E-state index contributed by atoms with van der Waals surface area (Å²) in [6.07, 6.45) is 1.86. The molecule has 0 amide bonds. The molecule has 1 aliphatic rings. The second-order valence-corrected chi connectivity index (χ2v) is 8.01. The topological polar surface area (TPSA) is 68.1 Å². The molecule has 1 aliphatic heterocycles. The van der Waals surface area contributed by atoms with Gasteiger partial charge in [-0.25, -0.2) is 9.18 Å². The minimum atomic E-state index is -1.64. The zero-order valence-corrected chi connectivity index (χ0v) is 17.7. The number of oxime groups is 1. The maximum Gasteiger partial charge on any atom is 0.354 e. The van der Waals surface area contributed by atoms with Crippen LogP contribution in [0.4, 0.5) is 4.39 Å². The maximum absolute atomic E-state index is 13.2. The van der Waals surface area contributed by atoms with Gasteiger partial charge in [0.15, 0.2) is 0 Å². The first-order chi connectivity index (χ1) is 13.9. The minimum absolute atomic E-state index is 0.115. The Labute approximate surface area is 177 Å². The van der Waals surface area contributed by atoms with Gasteiger partial charge in [0, 0.05) is 10.9 Å². The fraction of sp³-hybridized carbons (Fsp3) is 0.364. The number of nitrogens with zero attached hydrogens (tertiary/aromatic N) is 1. The van der Waals surface area contributed by atoms with Crippen LogP contribution in [-0.4, -0.2) is 22.4 Å². The molecule has 2 aromatic carbocycles. The van der Waals surface area contributed by atoms with Crippen molar-refractivity contribution in [2.75, 3.05) is 0 Å². The van der Waals surface area contributed by atoms with E-state index in [1.54, 1.807) is 24.3 Å². The summed E-state index contributed by atoms with van der Waals surface area (Å²) in [4.78, 5) is 17.9. The number of carbonyl (C=O) groups is 1. The lowest BCUT2D eigenvalue weighted by Crippen LogP contribution is -2.46. The third-order valence-corrected chi connectivity index (χ3v) is 5.44. The van der Waals surface area contributed by atoms with Gasteiger partial charge in [-0.2, -0.15) is 0 Å². The molecule has 2 aromatic rings. The molecule has 1 heterocycles. The van der Waals surface area contributed by atoms with E-state index < -0.39 is 17.7 Å². The Morgan fingerprint density at radius 1 is 1.28 bits per heavy atom. The molecule has 1 N–H and O–H groups in total. The second-order valence-electron chi connectivity index (χ2n) is 7.09. The molecule has 0 saturated carbocycles. The molecule has 0 aromatic heterocycles. The second kappa shape index (κ2) is 9.50. The molecule has 0 spiro atoms. The van der Waals surface area contributed by atoms with Crippen LogP contribution in [0.5, 0.6) is 0 Å². The van der Waals surface area contributed by atoms with Crippen molar-refractivity contribution in [1.82, 2.24) is 0 Å². The molecule has 0 bridgehead atoms. The third kappa shape index (κ3) is 5.03. The lowest BCUT2D eigenvalue weighted by atomic mass is 9.85. The zero-order chi connectivity index (χ0) is 20.9. The number of halogens is 2. The van der Waals surface area contributed by atoms with Crippen molar-refractivity contribution in [3.63, 3.8) is 0 Å². The van der Waals surface area contributed by atoms with Gasteiger partial charge in [0.05, 0.1) is 12.3 Å². The molecule has 2 unspecified atom stereocenters. The maximum atomic E-state index is 13.2. The monoisotopic (exact) mass is 463 g/mol. The van der Waals surface area contributed by atoms with Gasteiger partial charge >= 0.3 is 5.97 Å². The van der Waals surface area contributed by atoms with E-state index in [2.05, 4.69) is 28.0 Å². The van der Waals surface area contributed by atoms with Crippen molar-refractivity contribution in [3.8, 4) is 0 Å². The van der Waals surface area contributed by atoms with Crippen molar-refractivity contribution < 1.29 is 23.9 Å². The number of unbranched alkanes of at least 4 members (excludes halogenated alkanes) is 1. The minimum Gasteiger partial charge on any atom is -0.478 e. The summed E-state index contributed by atoms with van der Waals surface area (Å²) in [5, 5.41) is 14.2. The fourth-order valence-corrected chi connectivity index (χ4v) is 3.56. The highest BCUT2D eigenvalue weighted by Gasteiger charge is 2.54. The van der Waals surface area contributed by atoms with Crippen LogP contribution in [0.3, 0.4) is 0 Å². The number of hydrogen-bond donors (Lipinski definition) is 1. The van der Waals surface area contributed by atoms with E-state index in [1.807, 2.05) is 12.1 Å². The predicted molar refractivity (Wildman–Crippen MR) is 111 cm³/mol. The predicted octanol–water partition coefficient (Wildman–Crippen LogP) is 5.64. The van der Waals surface area contributed by atoms with Crippen molar-refractivity contribution in [1.29, 1.82) is 0 Å². The van der Waals surface area contributed by atoms with E-state index >= 15 is 0 Å². The summed E-state index contributed by atoms with van der Waals surface area (Å²) in [7, 11) is 0. The smallest absolute Gasteiger partial charge is 0.354 e. The summed E-state index contributed by atoms with van der Waals surface area (Å²) in [5.74, 6) is -1.46. The van der Waals surface area contributed by atoms with Crippen LogP contribution in [0.1, 0.15) is 49.8 Å². The summed E-state index contributed by atoms with van der Waals surface area (Å²) < 4.78 is 20.1. The van der Waals surface area contributed by atoms with E-state index in [1.165, 1.54) is 12.1 Å². The van der Waals surface area contributed by atoms with E-state index in [0.29, 0.717) is 12.0 Å². The first-order valence-electron chi connectivity index (χ1n) is 9.53. The molecule has 2 atom stereocenters. The highest BCUT2D eigenvalue weighted by Crippen LogP contribution is 2.41. The Bertz CT molecular complexity index is 869. The Hall–Kier alpha value is -2.25. The zero-order valence-electron chi connectivity index (χ0n) is 16.1. The lowest BCUT2D eigenvalue weighted by molar-refractivity contribution is -0.187. The number of ether oxygens (including phenoxy) is 1. The standard InChI is InChI=1S/C22H23BrFNO4/c1-2-3-4-19-13-22(21(26)27,29-25-19)20(16-7-9-17(23)10-8-16)28-14-15-5-11-18(24)12-6-15/h5-12,20H,2-4,13-14H2,1H3,(H,26,27). The van der Waals surface area contributed by atoms with Gasteiger partial charge in [0.1, 0.15) is 11.9 Å². The van der Waals surface area contributed by atoms with Crippen LogP contribution < -0.4 is 0 Å². The van der Waals surface area contributed by atoms with Gasteiger partial charge in [0.25, 0.3) is 5.60 Å². The van der Waals surface area contributed by atoms with Crippen molar-refractivity contribution in [2.24, 2.45) is 5.16 Å². The Kier molecular flexibility index (Phi) is 7.03.